The van der Waals surface area contributed by atoms with Crippen molar-refractivity contribution >= 4 is 17.5 Å². The number of hydrogen-bond acceptors (Lipinski definition) is 4. The molecule has 0 fully saturated rings. The number of hydrogen-bond donors (Lipinski definition) is 2. The number of rotatable bonds is 5. The molecule has 0 aliphatic rings. The van der Waals surface area contributed by atoms with Crippen LogP contribution in [0.5, 0.6) is 0 Å². The van der Waals surface area contributed by atoms with E-state index in [4.69, 9.17) is 4.42 Å². The summed E-state index contributed by atoms with van der Waals surface area (Å²) in [5.74, 6) is -1.32. The van der Waals surface area contributed by atoms with E-state index in [2.05, 4.69) is 15.8 Å². The molecule has 1 aromatic heterocycles. The third kappa shape index (κ3) is 4.02. The van der Waals surface area contributed by atoms with E-state index >= 15 is 0 Å². The highest BCUT2D eigenvalue weighted by Crippen LogP contribution is 2.05. The summed E-state index contributed by atoms with van der Waals surface area (Å²) >= 11 is 0. The molecule has 2 aromatic rings. The van der Waals surface area contributed by atoms with Crippen molar-refractivity contribution in [3.63, 3.8) is 0 Å². The normalized spacial score (nSPS) is 11.1. The maximum Gasteiger partial charge on any atom is 0.259 e. The van der Waals surface area contributed by atoms with Gasteiger partial charge in [-0.2, -0.15) is 5.10 Å². The molecular formula is C15H14FN3O3. The van der Waals surface area contributed by atoms with Crippen LogP contribution in [0.4, 0.5) is 4.39 Å². The molecule has 0 aliphatic carbocycles. The molecule has 0 atom stereocenters. The Hall–Kier alpha value is -2.96. The van der Waals surface area contributed by atoms with Crippen LogP contribution < -0.4 is 10.7 Å². The number of nitrogens with one attached hydrogen (secondary N) is 2. The van der Waals surface area contributed by atoms with E-state index in [1.54, 1.807) is 19.1 Å². The van der Waals surface area contributed by atoms with Crippen LogP contribution in [0.2, 0.25) is 0 Å². The van der Waals surface area contributed by atoms with Crippen LogP contribution in [-0.2, 0) is 4.79 Å². The van der Waals surface area contributed by atoms with Gasteiger partial charge < -0.3 is 9.73 Å². The Morgan fingerprint density at radius 2 is 2.00 bits per heavy atom. The minimum atomic E-state index is -0.667. The van der Waals surface area contributed by atoms with E-state index in [9.17, 15) is 14.0 Å². The van der Waals surface area contributed by atoms with Crippen molar-refractivity contribution in [1.82, 2.24) is 10.7 Å². The molecule has 6 nitrogen and oxygen atoms in total. The van der Waals surface area contributed by atoms with E-state index in [-0.39, 0.29) is 12.1 Å². The van der Waals surface area contributed by atoms with Gasteiger partial charge in [0.25, 0.3) is 11.8 Å². The highest BCUT2D eigenvalue weighted by molar-refractivity contribution is 5.98. The minimum absolute atomic E-state index is 0.120. The lowest BCUT2D eigenvalue weighted by Crippen LogP contribution is -2.35. The third-order valence-corrected chi connectivity index (χ3v) is 2.75. The molecule has 0 saturated heterocycles. The second kappa shape index (κ2) is 7.16. The fraction of sp³-hybridized carbons (Fsp3) is 0.133. The molecule has 0 saturated carbocycles. The average Bonchev–Trinajstić information content (AvgIpc) is 3.05. The number of furan rings is 1. The molecule has 0 bridgehead atoms. The molecular weight excluding hydrogens is 289 g/mol. The largest absolute Gasteiger partial charge is 0.463 e. The van der Waals surface area contributed by atoms with Gasteiger partial charge in [-0.05, 0) is 31.2 Å². The highest BCUT2D eigenvalue weighted by atomic mass is 19.1. The summed E-state index contributed by atoms with van der Waals surface area (Å²) < 4.78 is 18.5. The first-order valence-corrected chi connectivity index (χ1v) is 6.47. The topological polar surface area (TPSA) is 83.7 Å². The fourth-order valence-electron chi connectivity index (χ4n) is 1.63. The van der Waals surface area contributed by atoms with Crippen molar-refractivity contribution in [2.75, 3.05) is 6.54 Å². The zero-order valence-corrected chi connectivity index (χ0v) is 11.8. The van der Waals surface area contributed by atoms with Crippen molar-refractivity contribution < 1.29 is 18.4 Å². The van der Waals surface area contributed by atoms with Gasteiger partial charge in [-0.3, -0.25) is 9.59 Å². The van der Waals surface area contributed by atoms with Crippen LogP contribution in [0.3, 0.4) is 0 Å². The van der Waals surface area contributed by atoms with Gasteiger partial charge in [0.2, 0.25) is 0 Å². The minimum Gasteiger partial charge on any atom is -0.463 e. The van der Waals surface area contributed by atoms with Gasteiger partial charge in [-0.15, -0.1) is 0 Å². The zero-order chi connectivity index (χ0) is 15.9. The van der Waals surface area contributed by atoms with Crippen molar-refractivity contribution in [3.05, 3.63) is 59.8 Å². The smallest absolute Gasteiger partial charge is 0.259 e. The molecule has 0 radical (unpaired) electrons. The SMILES string of the molecule is C/C(=N\NC(=O)CNC(=O)c1ccccc1F)c1ccco1. The lowest BCUT2D eigenvalue weighted by atomic mass is 10.2. The lowest BCUT2D eigenvalue weighted by molar-refractivity contribution is -0.120. The third-order valence-electron chi connectivity index (χ3n) is 2.75. The van der Waals surface area contributed by atoms with Gasteiger partial charge in [0.15, 0.2) is 0 Å². The number of carbonyl (C=O) groups excluding carboxylic acids is 2. The summed E-state index contributed by atoms with van der Waals surface area (Å²) in [5, 5.41) is 6.15. The van der Waals surface area contributed by atoms with Gasteiger partial charge in [-0.1, -0.05) is 12.1 Å². The summed E-state index contributed by atoms with van der Waals surface area (Å²) in [5.41, 5.74) is 2.64. The predicted molar refractivity (Wildman–Crippen MR) is 77.8 cm³/mol. The second-order valence-electron chi connectivity index (χ2n) is 4.37. The van der Waals surface area contributed by atoms with Gasteiger partial charge in [0.1, 0.15) is 17.3 Å². The van der Waals surface area contributed by atoms with Gasteiger partial charge in [0, 0.05) is 0 Å². The molecule has 2 amide bonds. The second-order valence-corrected chi connectivity index (χ2v) is 4.37. The molecule has 1 aromatic carbocycles. The first kappa shape index (κ1) is 15.4. The van der Waals surface area contributed by atoms with E-state index in [0.29, 0.717) is 11.5 Å². The molecule has 22 heavy (non-hydrogen) atoms. The van der Waals surface area contributed by atoms with Crippen LogP contribution >= 0.6 is 0 Å². The van der Waals surface area contributed by atoms with E-state index < -0.39 is 17.6 Å². The van der Waals surface area contributed by atoms with Crippen LogP contribution in [0.1, 0.15) is 23.0 Å². The molecule has 0 spiro atoms. The Morgan fingerprint density at radius 1 is 1.23 bits per heavy atom. The molecule has 2 rings (SSSR count). The number of nitrogens with zero attached hydrogens (tertiary/aromatic N) is 1. The van der Waals surface area contributed by atoms with Crippen molar-refractivity contribution in [3.8, 4) is 0 Å². The molecule has 114 valence electrons. The van der Waals surface area contributed by atoms with Gasteiger partial charge in [0.05, 0.1) is 18.4 Å². The Bertz CT molecular complexity index is 696. The molecule has 1 heterocycles. The Balaban J connectivity index is 1.84. The summed E-state index contributed by atoms with van der Waals surface area (Å²) in [6.07, 6.45) is 1.49. The molecule has 0 aliphatic heterocycles. The zero-order valence-electron chi connectivity index (χ0n) is 11.8. The Morgan fingerprint density at radius 3 is 2.68 bits per heavy atom. The first-order valence-electron chi connectivity index (χ1n) is 6.47. The van der Waals surface area contributed by atoms with E-state index in [0.717, 1.165) is 0 Å². The summed E-state index contributed by atoms with van der Waals surface area (Å²) in [6.45, 7) is 1.35. The van der Waals surface area contributed by atoms with Crippen LogP contribution in [-0.4, -0.2) is 24.1 Å². The number of benzene rings is 1. The van der Waals surface area contributed by atoms with E-state index in [1.165, 1.54) is 30.5 Å². The lowest BCUT2D eigenvalue weighted by Gasteiger charge is -2.05. The quantitative estimate of drug-likeness (QED) is 0.651. The standard InChI is InChI=1S/C15H14FN3O3/c1-10(13-7-4-8-22-13)18-19-14(20)9-17-15(21)11-5-2-3-6-12(11)16/h2-8H,9H2,1H3,(H,17,21)(H,19,20)/b18-10+. The summed E-state index contributed by atoms with van der Waals surface area (Å²) in [7, 11) is 0. The number of hydrazone groups is 1. The maximum absolute atomic E-state index is 13.4. The Labute approximate surface area is 126 Å². The molecule has 2 N–H and O–H groups in total. The van der Waals surface area contributed by atoms with Crippen LogP contribution in [0.25, 0.3) is 0 Å². The summed E-state index contributed by atoms with van der Waals surface area (Å²) in [6, 6.07) is 8.92. The number of halogens is 1. The fourth-order valence-corrected chi connectivity index (χ4v) is 1.63. The maximum atomic E-state index is 13.4. The van der Waals surface area contributed by atoms with Crippen molar-refractivity contribution in [2.45, 2.75) is 6.92 Å². The molecule has 7 heteroatoms. The summed E-state index contributed by atoms with van der Waals surface area (Å²) in [4.78, 5) is 23.3. The van der Waals surface area contributed by atoms with E-state index in [1.807, 2.05) is 0 Å². The van der Waals surface area contributed by atoms with Crippen LogP contribution in [0, 0.1) is 5.82 Å². The monoisotopic (exact) mass is 303 g/mol. The molecule has 0 unspecified atom stereocenters. The highest BCUT2D eigenvalue weighted by Gasteiger charge is 2.11. The first-order chi connectivity index (χ1) is 10.6. The number of amides is 2. The van der Waals surface area contributed by atoms with Crippen molar-refractivity contribution in [2.24, 2.45) is 5.10 Å². The average molecular weight is 303 g/mol. The van der Waals surface area contributed by atoms with Gasteiger partial charge in [-0.25, -0.2) is 9.82 Å². The Kier molecular flexibility index (Phi) is 5.02. The predicted octanol–water partition coefficient (Wildman–Crippen LogP) is 1.69. The van der Waals surface area contributed by atoms with Gasteiger partial charge >= 0.3 is 0 Å². The van der Waals surface area contributed by atoms with Crippen molar-refractivity contribution in [1.29, 1.82) is 0 Å². The number of carbonyl (C=O) groups is 2. The van der Waals surface area contributed by atoms with Crippen LogP contribution in [0.15, 0.2) is 52.2 Å².